The molecular weight excluding hydrogens is 901 g/mol. The Morgan fingerprint density at radius 1 is 0.853 bits per heavy atom. The molecule has 0 spiro atoms. The zero-order valence-electron chi connectivity index (χ0n) is 36.9. The van der Waals surface area contributed by atoms with E-state index in [0.717, 1.165) is 34.8 Å². The Bertz CT molecular complexity index is 2920. The molecule has 0 fully saturated rings. The van der Waals surface area contributed by atoms with Gasteiger partial charge in [0.1, 0.15) is 25.2 Å². The van der Waals surface area contributed by atoms with E-state index in [2.05, 4.69) is 35.3 Å². The van der Waals surface area contributed by atoms with Crippen molar-refractivity contribution in [3.8, 4) is 40.0 Å². The molecule has 3 aromatic carbocycles. The number of H-pyrrole nitrogens is 1. The maximum atomic E-state index is 13.9. The number of furan rings is 2. The summed E-state index contributed by atoms with van der Waals surface area (Å²) in [5.41, 5.74) is 3.39. The Kier molecular flexibility index (Phi) is 14.0. The number of esters is 1. The van der Waals surface area contributed by atoms with Crippen molar-refractivity contribution >= 4 is 40.5 Å². The number of rotatable bonds is 21. The highest BCUT2D eigenvalue weighted by atomic mass is 17.0. The van der Waals surface area contributed by atoms with Crippen LogP contribution in [0.3, 0.4) is 0 Å². The molecule has 0 aliphatic carbocycles. The molecule has 0 saturated carbocycles. The summed E-state index contributed by atoms with van der Waals surface area (Å²) in [7, 11) is 0. The van der Waals surface area contributed by atoms with E-state index in [1.165, 1.54) is 13.8 Å². The SMILES string of the molecule is CCOc1nc2cccc(C(=O)OC(C)(C)OC(=O)Oc3coc4c(OC(=O)OCCC(C)(C)CC(CO[N+](=O)[O-])O[N+](=O)[O-])coc34)c2n1Cc1ccc(-c2ccccc2-c2nn[nH]n2)cc1. The van der Waals surface area contributed by atoms with Gasteiger partial charge in [0.05, 0.1) is 36.4 Å². The monoisotopic (exact) mass is 942 g/mol. The fourth-order valence-electron chi connectivity index (χ4n) is 7.06. The average Bonchev–Trinajstić information content (AvgIpc) is 4.10. The predicted octanol–water partition coefficient (Wildman–Crippen LogP) is 7.89. The fourth-order valence-corrected chi connectivity index (χ4v) is 7.06. The van der Waals surface area contributed by atoms with Crippen molar-refractivity contribution in [2.75, 3.05) is 19.8 Å². The van der Waals surface area contributed by atoms with Crippen molar-refractivity contribution in [2.45, 2.75) is 65.9 Å². The molecule has 0 amide bonds. The van der Waals surface area contributed by atoms with Crippen LogP contribution >= 0.6 is 0 Å². The number of hydrogen-bond acceptors (Lipinski definition) is 21. The fraction of sp³-hybridized carbons (Fsp3) is 0.326. The minimum Gasteiger partial charge on any atom is -0.465 e. The van der Waals surface area contributed by atoms with E-state index in [9.17, 15) is 34.6 Å². The number of carbonyl (C=O) groups is 3. The number of imidazole rings is 1. The Hall–Kier alpha value is -8.77. The number of aromatic nitrogens is 6. The van der Waals surface area contributed by atoms with Crippen molar-refractivity contribution in [1.29, 1.82) is 0 Å². The first-order valence-electron chi connectivity index (χ1n) is 20.6. The van der Waals surface area contributed by atoms with Crippen molar-refractivity contribution in [3.63, 3.8) is 0 Å². The Morgan fingerprint density at radius 2 is 1.54 bits per heavy atom. The van der Waals surface area contributed by atoms with Crippen LogP contribution in [0.2, 0.25) is 0 Å². The number of carbonyl (C=O) groups excluding carboxylic acids is 3. The molecule has 0 radical (unpaired) electrons. The molecule has 1 atom stereocenters. The van der Waals surface area contributed by atoms with Gasteiger partial charge in [0, 0.05) is 19.4 Å². The Morgan fingerprint density at radius 3 is 2.19 bits per heavy atom. The third-order valence-corrected chi connectivity index (χ3v) is 10.00. The number of nitrogens with zero attached hydrogens (tertiary/aromatic N) is 7. The normalized spacial score (nSPS) is 12.0. The van der Waals surface area contributed by atoms with Crippen LogP contribution in [0, 0.1) is 25.6 Å². The van der Waals surface area contributed by atoms with E-state index >= 15 is 0 Å². The largest absolute Gasteiger partial charge is 0.517 e. The van der Waals surface area contributed by atoms with Crippen molar-refractivity contribution in [1.82, 2.24) is 30.2 Å². The molecule has 4 heterocycles. The Labute approximate surface area is 383 Å². The van der Waals surface area contributed by atoms with E-state index in [4.69, 9.17) is 37.3 Å². The Balaban J connectivity index is 0.966. The molecule has 4 aromatic heterocycles. The molecule has 356 valence electrons. The van der Waals surface area contributed by atoms with Crippen LogP contribution in [-0.2, 0) is 30.4 Å². The zero-order chi connectivity index (χ0) is 48.6. The van der Waals surface area contributed by atoms with E-state index < -0.39 is 52.4 Å². The molecule has 7 rings (SSSR count). The number of hydrogen-bond donors (Lipinski definition) is 1. The van der Waals surface area contributed by atoms with Gasteiger partial charge in [0.2, 0.25) is 28.5 Å². The van der Waals surface area contributed by atoms with Gasteiger partial charge < -0.3 is 46.9 Å². The van der Waals surface area contributed by atoms with Gasteiger partial charge in [-0.25, -0.2) is 14.4 Å². The van der Waals surface area contributed by atoms with Gasteiger partial charge in [0.25, 0.3) is 22.0 Å². The lowest BCUT2D eigenvalue weighted by Crippen LogP contribution is -2.35. The van der Waals surface area contributed by atoms with Gasteiger partial charge >= 0.3 is 18.3 Å². The lowest BCUT2D eigenvalue weighted by Gasteiger charge is -2.27. The van der Waals surface area contributed by atoms with Crippen LogP contribution in [0.5, 0.6) is 17.5 Å². The molecule has 1 unspecified atom stereocenters. The smallest absolute Gasteiger partial charge is 0.465 e. The highest BCUT2D eigenvalue weighted by Crippen LogP contribution is 2.38. The minimum atomic E-state index is -1.89. The first kappa shape index (κ1) is 47.2. The van der Waals surface area contributed by atoms with Crippen LogP contribution in [0.15, 0.2) is 88.1 Å². The maximum absolute atomic E-state index is 13.9. The van der Waals surface area contributed by atoms with Crippen molar-refractivity contribution < 1.29 is 71.5 Å². The van der Waals surface area contributed by atoms with E-state index in [0.29, 0.717) is 23.5 Å². The lowest BCUT2D eigenvalue weighted by molar-refractivity contribution is -0.790. The summed E-state index contributed by atoms with van der Waals surface area (Å²) in [4.78, 5) is 74.2. The molecule has 0 bridgehead atoms. The van der Waals surface area contributed by atoms with E-state index in [-0.39, 0.29) is 60.2 Å². The molecule has 0 aliphatic heterocycles. The summed E-state index contributed by atoms with van der Waals surface area (Å²) in [6.07, 6.45) is -1.69. The molecule has 0 aliphatic rings. The minimum absolute atomic E-state index is 0.0570. The summed E-state index contributed by atoms with van der Waals surface area (Å²) in [6, 6.07) is 20.7. The summed E-state index contributed by atoms with van der Waals surface area (Å²) in [5.74, 6) is -2.79. The number of fused-ring (bicyclic) bond motifs is 2. The lowest BCUT2D eigenvalue weighted by atomic mass is 9.84. The molecule has 25 heteroatoms. The molecule has 25 nitrogen and oxygen atoms in total. The van der Waals surface area contributed by atoms with E-state index in [1.54, 1.807) is 36.6 Å². The zero-order valence-corrected chi connectivity index (χ0v) is 36.9. The summed E-state index contributed by atoms with van der Waals surface area (Å²) >= 11 is 0. The van der Waals surface area contributed by atoms with Crippen LogP contribution in [0.4, 0.5) is 9.59 Å². The number of aromatic amines is 1. The van der Waals surface area contributed by atoms with Gasteiger partial charge in [-0.15, -0.1) is 30.4 Å². The van der Waals surface area contributed by atoms with Gasteiger partial charge in [-0.2, -0.15) is 10.2 Å². The predicted molar refractivity (Wildman–Crippen MR) is 230 cm³/mol. The summed E-state index contributed by atoms with van der Waals surface area (Å²) in [6.45, 7) is 7.45. The highest BCUT2D eigenvalue weighted by molar-refractivity contribution is 6.02. The van der Waals surface area contributed by atoms with E-state index in [1.807, 2.05) is 55.5 Å². The second-order valence-corrected chi connectivity index (χ2v) is 16.0. The second-order valence-electron chi connectivity index (χ2n) is 16.0. The number of ether oxygens (including phenoxy) is 6. The summed E-state index contributed by atoms with van der Waals surface area (Å²) in [5, 5.41) is 33.6. The van der Waals surface area contributed by atoms with Gasteiger partial charge in [0.15, 0.2) is 0 Å². The van der Waals surface area contributed by atoms with Crippen LogP contribution in [0.25, 0.3) is 44.7 Å². The number of benzene rings is 3. The molecule has 0 saturated heterocycles. The first-order chi connectivity index (χ1) is 32.5. The molecular formula is C43H42N8O17. The average molecular weight is 943 g/mol. The standard InChI is InChI=1S/C43H42N8O17/c1-6-59-39-44-31-13-9-12-30(34(31)49(39)21-25-14-16-26(17-15-25)28-10-7-8-11-29(28)37-45-47-48-46-37)38(52)66-43(4,5)67-41(54)65-33-24-62-35-32(23-61-36(33)35)64-40(53)60-19-18-42(2,3)20-27(68-51(57)58)22-63-50(55)56/h7-17,23-24,27H,6,18-22H2,1-5H3,(H,45,46,47,48). The topological polar surface area (TPSA) is 310 Å². The number of para-hydroxylation sites is 1. The quantitative estimate of drug-likeness (QED) is 0.0310. The van der Waals surface area contributed by atoms with Crippen LogP contribution in [0.1, 0.15) is 63.4 Å². The third-order valence-electron chi connectivity index (χ3n) is 10.00. The second kappa shape index (κ2) is 20.2. The highest BCUT2D eigenvalue weighted by Gasteiger charge is 2.33. The molecule has 68 heavy (non-hydrogen) atoms. The number of tetrazole rings is 1. The van der Waals surface area contributed by atoms with Gasteiger partial charge in [-0.1, -0.05) is 68.4 Å². The first-order valence-corrected chi connectivity index (χ1v) is 20.6. The summed E-state index contributed by atoms with van der Waals surface area (Å²) < 4.78 is 45.2. The molecule has 7 aromatic rings. The van der Waals surface area contributed by atoms with Crippen LogP contribution < -0.4 is 14.2 Å². The van der Waals surface area contributed by atoms with Gasteiger partial charge in [-0.3, -0.25) is 4.57 Å². The maximum Gasteiger partial charge on any atom is 0.517 e. The number of nitrogens with one attached hydrogen (secondary N) is 1. The van der Waals surface area contributed by atoms with Crippen molar-refractivity contribution in [2.24, 2.45) is 5.41 Å². The molecule has 1 N–H and O–H groups in total. The van der Waals surface area contributed by atoms with Crippen LogP contribution in [-0.4, -0.2) is 90.3 Å². The van der Waals surface area contributed by atoms with Crippen molar-refractivity contribution in [3.05, 3.63) is 111 Å². The van der Waals surface area contributed by atoms with Gasteiger partial charge in [-0.05, 0) is 59.2 Å². The third kappa shape index (κ3) is 11.5.